The van der Waals surface area contributed by atoms with Gasteiger partial charge in [0.1, 0.15) is 0 Å². The molecule has 1 fully saturated rings. The lowest BCUT2D eigenvalue weighted by Crippen LogP contribution is -2.51. The van der Waals surface area contributed by atoms with E-state index in [0.717, 1.165) is 16.2 Å². The highest BCUT2D eigenvalue weighted by atomic mass is 32.2. The Morgan fingerprint density at radius 3 is 2.38 bits per heavy atom. The molecule has 1 aliphatic heterocycles. The van der Waals surface area contributed by atoms with Crippen LogP contribution in [-0.2, 0) is 10.0 Å². The van der Waals surface area contributed by atoms with Crippen LogP contribution in [0.3, 0.4) is 0 Å². The summed E-state index contributed by atoms with van der Waals surface area (Å²) < 4.78 is 26.9. The topological polar surface area (TPSA) is 64.4 Å². The molecule has 0 N–H and O–H groups in total. The third-order valence-electron chi connectivity index (χ3n) is 3.86. The van der Waals surface area contributed by atoms with Crippen LogP contribution in [-0.4, -0.2) is 49.8 Å². The molecule has 1 aromatic heterocycles. The maximum Gasteiger partial charge on any atom is 0.244 e. The Bertz CT molecular complexity index is 638. The molecule has 0 amide bonds. The standard InChI is InChI=1S/C14H21N3O2S2/c1-4-13(10-15)16-5-7-17(8-6-16)21(18,19)14-9-11(2)20-12(14)3/h9,13H,4-8H2,1-3H3/t13-/m1/s1. The summed E-state index contributed by atoms with van der Waals surface area (Å²) in [5.41, 5.74) is 0. The number of thiophene rings is 1. The molecule has 0 aliphatic carbocycles. The predicted molar refractivity (Wildman–Crippen MR) is 83.8 cm³/mol. The highest BCUT2D eigenvalue weighted by Gasteiger charge is 2.32. The second-order valence-electron chi connectivity index (χ2n) is 5.27. The van der Waals surface area contributed by atoms with Crippen molar-refractivity contribution in [1.82, 2.24) is 9.21 Å². The summed E-state index contributed by atoms with van der Waals surface area (Å²) in [6.07, 6.45) is 0.770. The summed E-state index contributed by atoms with van der Waals surface area (Å²) in [7, 11) is -3.40. The number of aryl methyl sites for hydroxylation is 2. The van der Waals surface area contributed by atoms with E-state index in [1.165, 1.54) is 11.3 Å². The zero-order chi connectivity index (χ0) is 15.6. The highest BCUT2D eigenvalue weighted by Crippen LogP contribution is 2.28. The summed E-state index contributed by atoms with van der Waals surface area (Å²) in [5, 5.41) is 9.10. The van der Waals surface area contributed by atoms with Crippen molar-refractivity contribution in [3.05, 3.63) is 15.8 Å². The molecule has 1 atom stereocenters. The van der Waals surface area contributed by atoms with Gasteiger partial charge in [-0.3, -0.25) is 4.90 Å². The quantitative estimate of drug-likeness (QED) is 0.848. The second kappa shape index (κ2) is 6.44. The van der Waals surface area contributed by atoms with Gasteiger partial charge in [0, 0.05) is 35.9 Å². The van der Waals surface area contributed by atoms with E-state index in [0.29, 0.717) is 31.1 Å². The fraction of sp³-hybridized carbons (Fsp3) is 0.643. The Hall–Kier alpha value is -0.940. The lowest BCUT2D eigenvalue weighted by atomic mass is 10.2. The van der Waals surface area contributed by atoms with E-state index in [1.54, 1.807) is 10.4 Å². The Morgan fingerprint density at radius 1 is 1.33 bits per heavy atom. The molecule has 0 saturated carbocycles. The van der Waals surface area contributed by atoms with Gasteiger partial charge in [0.2, 0.25) is 10.0 Å². The molecule has 0 bridgehead atoms. The molecular formula is C14H21N3O2S2. The van der Waals surface area contributed by atoms with Crippen LogP contribution in [0.5, 0.6) is 0 Å². The first-order valence-electron chi connectivity index (χ1n) is 7.11. The zero-order valence-electron chi connectivity index (χ0n) is 12.7. The van der Waals surface area contributed by atoms with E-state index in [9.17, 15) is 8.42 Å². The van der Waals surface area contributed by atoms with Crippen molar-refractivity contribution in [3.8, 4) is 6.07 Å². The number of rotatable bonds is 4. The second-order valence-corrected chi connectivity index (χ2v) is 8.64. The Balaban J connectivity index is 2.12. The van der Waals surface area contributed by atoms with Crippen LogP contribution in [0, 0.1) is 25.2 Å². The average Bonchev–Trinajstić information content (AvgIpc) is 2.80. The molecule has 21 heavy (non-hydrogen) atoms. The molecule has 1 aromatic rings. The number of hydrogen-bond acceptors (Lipinski definition) is 5. The molecule has 0 unspecified atom stereocenters. The van der Waals surface area contributed by atoms with Gasteiger partial charge in [-0.1, -0.05) is 6.92 Å². The van der Waals surface area contributed by atoms with Crippen LogP contribution >= 0.6 is 11.3 Å². The third kappa shape index (κ3) is 3.29. The van der Waals surface area contributed by atoms with Gasteiger partial charge < -0.3 is 0 Å². The van der Waals surface area contributed by atoms with Crippen molar-refractivity contribution in [3.63, 3.8) is 0 Å². The van der Waals surface area contributed by atoms with Crippen molar-refractivity contribution in [2.24, 2.45) is 0 Å². The fourth-order valence-corrected chi connectivity index (χ4v) is 5.64. The molecule has 0 radical (unpaired) electrons. The number of sulfonamides is 1. The number of nitriles is 1. The number of nitrogens with zero attached hydrogens (tertiary/aromatic N) is 3. The van der Waals surface area contributed by atoms with Crippen LogP contribution in [0.1, 0.15) is 23.1 Å². The number of hydrogen-bond donors (Lipinski definition) is 0. The molecule has 5 nitrogen and oxygen atoms in total. The van der Waals surface area contributed by atoms with Crippen LogP contribution in [0.4, 0.5) is 0 Å². The van der Waals surface area contributed by atoms with E-state index < -0.39 is 10.0 Å². The first-order chi connectivity index (χ1) is 9.90. The molecule has 0 aromatic carbocycles. The zero-order valence-corrected chi connectivity index (χ0v) is 14.3. The Labute approximate surface area is 130 Å². The summed E-state index contributed by atoms with van der Waals surface area (Å²) in [6.45, 7) is 7.90. The molecular weight excluding hydrogens is 306 g/mol. The van der Waals surface area contributed by atoms with E-state index >= 15 is 0 Å². The Morgan fingerprint density at radius 2 is 1.95 bits per heavy atom. The average molecular weight is 327 g/mol. The normalized spacial score (nSPS) is 19.3. The summed E-state index contributed by atoms with van der Waals surface area (Å²) >= 11 is 1.51. The van der Waals surface area contributed by atoms with Gasteiger partial charge in [-0.05, 0) is 26.3 Å². The maximum atomic E-state index is 12.7. The molecule has 2 heterocycles. The molecule has 2 rings (SSSR count). The van der Waals surface area contributed by atoms with Crippen LogP contribution in [0.25, 0.3) is 0 Å². The molecule has 116 valence electrons. The van der Waals surface area contributed by atoms with Crippen molar-refractivity contribution in [1.29, 1.82) is 5.26 Å². The van der Waals surface area contributed by atoms with Gasteiger partial charge in [-0.2, -0.15) is 9.57 Å². The Kier molecular flexibility index (Phi) is 5.04. The first kappa shape index (κ1) is 16.4. The van der Waals surface area contributed by atoms with E-state index in [2.05, 4.69) is 11.0 Å². The van der Waals surface area contributed by atoms with Gasteiger partial charge in [0.25, 0.3) is 0 Å². The molecule has 1 aliphatic rings. The van der Waals surface area contributed by atoms with Crippen LogP contribution in [0.2, 0.25) is 0 Å². The minimum absolute atomic E-state index is 0.111. The van der Waals surface area contributed by atoms with Gasteiger partial charge >= 0.3 is 0 Å². The maximum absolute atomic E-state index is 12.7. The SMILES string of the molecule is CC[C@H](C#N)N1CCN(S(=O)(=O)c2cc(C)sc2C)CC1. The van der Waals surface area contributed by atoms with Crippen LogP contribution < -0.4 is 0 Å². The predicted octanol–water partition coefficient (Wildman–Crippen LogP) is 1.97. The van der Waals surface area contributed by atoms with Crippen molar-refractivity contribution >= 4 is 21.4 Å². The van der Waals surface area contributed by atoms with E-state index in [1.807, 2.05) is 20.8 Å². The lowest BCUT2D eigenvalue weighted by Gasteiger charge is -2.35. The lowest BCUT2D eigenvalue weighted by molar-refractivity contribution is 0.159. The monoisotopic (exact) mass is 327 g/mol. The number of piperazine rings is 1. The van der Waals surface area contributed by atoms with E-state index in [-0.39, 0.29) is 6.04 Å². The minimum atomic E-state index is -3.40. The molecule has 0 spiro atoms. The van der Waals surface area contributed by atoms with Gasteiger partial charge in [-0.15, -0.1) is 11.3 Å². The molecule has 1 saturated heterocycles. The first-order valence-corrected chi connectivity index (χ1v) is 9.36. The van der Waals surface area contributed by atoms with Crippen LogP contribution in [0.15, 0.2) is 11.0 Å². The van der Waals surface area contributed by atoms with E-state index in [4.69, 9.17) is 5.26 Å². The summed E-state index contributed by atoms with van der Waals surface area (Å²) in [6, 6.07) is 3.92. The van der Waals surface area contributed by atoms with Crippen molar-refractivity contribution < 1.29 is 8.42 Å². The molecule has 7 heteroatoms. The van der Waals surface area contributed by atoms with Crippen molar-refractivity contribution in [2.75, 3.05) is 26.2 Å². The summed E-state index contributed by atoms with van der Waals surface area (Å²) in [5.74, 6) is 0. The third-order valence-corrected chi connectivity index (χ3v) is 6.98. The largest absolute Gasteiger partial charge is 0.285 e. The summed E-state index contributed by atoms with van der Waals surface area (Å²) in [4.78, 5) is 4.36. The fourth-order valence-electron chi connectivity index (χ4n) is 2.69. The van der Waals surface area contributed by atoms with Gasteiger partial charge in [-0.25, -0.2) is 8.42 Å². The van der Waals surface area contributed by atoms with Gasteiger partial charge in [0.15, 0.2) is 0 Å². The van der Waals surface area contributed by atoms with Gasteiger partial charge in [0.05, 0.1) is 17.0 Å². The smallest absolute Gasteiger partial charge is 0.244 e. The minimum Gasteiger partial charge on any atom is -0.285 e. The van der Waals surface area contributed by atoms with Crippen molar-refractivity contribution in [2.45, 2.75) is 38.1 Å². The highest BCUT2D eigenvalue weighted by molar-refractivity contribution is 7.89.